The third-order valence-corrected chi connectivity index (χ3v) is 2.97. The van der Waals surface area contributed by atoms with Crippen LogP contribution in [0.25, 0.3) is 22.2 Å². The monoisotopic (exact) mass is 273 g/mol. The van der Waals surface area contributed by atoms with Crippen LogP contribution in [0, 0.1) is 0 Å². The molecule has 0 saturated heterocycles. The number of hydrogen-bond donors (Lipinski definition) is 1. The number of nitrogens with one attached hydrogen (secondary N) is 1. The molecular weight excluding hydrogens is 266 g/mol. The summed E-state index contributed by atoms with van der Waals surface area (Å²) in [6, 6.07) is 8.01. The Labute approximate surface area is 101 Å². The summed E-state index contributed by atoms with van der Waals surface area (Å²) in [5, 5.41) is 1.12. The maximum absolute atomic E-state index is 4.26. The van der Waals surface area contributed by atoms with Crippen molar-refractivity contribution in [2.24, 2.45) is 0 Å². The van der Waals surface area contributed by atoms with Gasteiger partial charge in [-0.25, -0.2) is 9.97 Å². The molecule has 78 valence electrons. The predicted octanol–water partition coefficient (Wildman–Crippen LogP) is 3.39. The van der Waals surface area contributed by atoms with Crippen LogP contribution in [0.2, 0.25) is 0 Å². The Kier molecular flexibility index (Phi) is 2.22. The van der Waals surface area contributed by atoms with Crippen LogP contribution in [0.1, 0.15) is 0 Å². The molecular formula is C12H8BrN3. The van der Waals surface area contributed by atoms with Crippen LogP contribution in [0.4, 0.5) is 0 Å². The number of aromatic nitrogens is 3. The Morgan fingerprint density at radius 2 is 2.00 bits per heavy atom. The zero-order valence-corrected chi connectivity index (χ0v) is 9.90. The topological polar surface area (TPSA) is 41.6 Å². The van der Waals surface area contributed by atoms with Crippen LogP contribution in [0.5, 0.6) is 0 Å². The van der Waals surface area contributed by atoms with Crippen LogP contribution >= 0.6 is 15.9 Å². The van der Waals surface area contributed by atoms with Crippen molar-refractivity contribution in [3.8, 4) is 11.1 Å². The predicted molar refractivity (Wildman–Crippen MR) is 67.0 cm³/mol. The third-order valence-electron chi connectivity index (χ3n) is 2.50. The first-order chi connectivity index (χ1) is 7.84. The minimum Gasteiger partial charge on any atom is -0.346 e. The van der Waals surface area contributed by atoms with Gasteiger partial charge < -0.3 is 4.98 Å². The molecule has 0 unspecified atom stereocenters. The van der Waals surface area contributed by atoms with Gasteiger partial charge in [-0.15, -0.1) is 0 Å². The van der Waals surface area contributed by atoms with E-state index >= 15 is 0 Å². The largest absolute Gasteiger partial charge is 0.346 e. The van der Waals surface area contributed by atoms with Gasteiger partial charge in [-0.3, -0.25) is 0 Å². The van der Waals surface area contributed by atoms with Crippen molar-refractivity contribution >= 4 is 27.0 Å². The standard InChI is InChI=1S/C12H8BrN3/c13-11-2-1-8(7-16-11)9-3-5-14-12-10(9)4-6-15-12/h1-7H,(H,14,15). The van der Waals surface area contributed by atoms with Crippen molar-refractivity contribution < 1.29 is 0 Å². The molecule has 16 heavy (non-hydrogen) atoms. The van der Waals surface area contributed by atoms with Crippen molar-refractivity contribution in [1.29, 1.82) is 0 Å². The van der Waals surface area contributed by atoms with Crippen LogP contribution < -0.4 is 0 Å². The Bertz CT molecular complexity index is 628. The number of nitrogens with zero attached hydrogens (tertiary/aromatic N) is 2. The minimum absolute atomic E-state index is 0.843. The highest BCUT2D eigenvalue weighted by Crippen LogP contribution is 2.26. The summed E-state index contributed by atoms with van der Waals surface area (Å²) in [4.78, 5) is 11.6. The number of hydrogen-bond acceptors (Lipinski definition) is 2. The highest BCUT2D eigenvalue weighted by molar-refractivity contribution is 9.10. The molecule has 0 aliphatic carbocycles. The summed E-state index contributed by atoms with van der Waals surface area (Å²) in [6.45, 7) is 0. The smallest absolute Gasteiger partial charge is 0.137 e. The zero-order chi connectivity index (χ0) is 11.0. The highest BCUT2D eigenvalue weighted by Gasteiger charge is 2.05. The van der Waals surface area contributed by atoms with Gasteiger partial charge in [0, 0.05) is 29.5 Å². The molecule has 0 saturated carbocycles. The van der Waals surface area contributed by atoms with Gasteiger partial charge >= 0.3 is 0 Å². The molecule has 0 spiro atoms. The van der Waals surface area contributed by atoms with Crippen molar-refractivity contribution in [2.45, 2.75) is 0 Å². The lowest BCUT2D eigenvalue weighted by atomic mass is 10.1. The molecule has 0 aromatic carbocycles. The van der Waals surface area contributed by atoms with E-state index < -0.39 is 0 Å². The Hall–Kier alpha value is -1.68. The van der Waals surface area contributed by atoms with E-state index in [0.29, 0.717) is 0 Å². The van der Waals surface area contributed by atoms with Crippen molar-refractivity contribution in [1.82, 2.24) is 15.0 Å². The van der Waals surface area contributed by atoms with Crippen molar-refractivity contribution in [3.63, 3.8) is 0 Å². The van der Waals surface area contributed by atoms with Gasteiger partial charge in [0.05, 0.1) is 0 Å². The molecule has 3 heterocycles. The first-order valence-corrected chi connectivity index (χ1v) is 5.68. The summed E-state index contributed by atoms with van der Waals surface area (Å²) >= 11 is 3.33. The number of fused-ring (bicyclic) bond motifs is 1. The maximum Gasteiger partial charge on any atom is 0.137 e. The van der Waals surface area contributed by atoms with Gasteiger partial charge in [0.2, 0.25) is 0 Å². The first kappa shape index (κ1) is 9.54. The minimum atomic E-state index is 0.843. The molecule has 0 radical (unpaired) electrons. The molecule has 3 aromatic rings. The molecule has 0 aliphatic heterocycles. The molecule has 0 fully saturated rings. The van der Waals surface area contributed by atoms with E-state index in [1.54, 1.807) is 6.20 Å². The van der Waals surface area contributed by atoms with Gasteiger partial charge in [0.15, 0.2) is 0 Å². The molecule has 0 amide bonds. The van der Waals surface area contributed by atoms with Gasteiger partial charge in [0.1, 0.15) is 10.3 Å². The third kappa shape index (κ3) is 1.51. The number of halogens is 1. The molecule has 3 aromatic heterocycles. The molecule has 0 bridgehead atoms. The number of pyridine rings is 2. The van der Waals surface area contributed by atoms with E-state index in [9.17, 15) is 0 Å². The maximum atomic E-state index is 4.26. The summed E-state index contributed by atoms with van der Waals surface area (Å²) in [7, 11) is 0. The molecule has 0 aliphatic rings. The molecule has 3 nitrogen and oxygen atoms in total. The number of aromatic amines is 1. The number of rotatable bonds is 1. The fraction of sp³-hybridized carbons (Fsp3) is 0. The van der Waals surface area contributed by atoms with E-state index in [0.717, 1.165) is 26.8 Å². The van der Waals surface area contributed by atoms with E-state index in [1.807, 2.05) is 36.7 Å². The van der Waals surface area contributed by atoms with Crippen LogP contribution in [-0.4, -0.2) is 15.0 Å². The van der Waals surface area contributed by atoms with Crippen molar-refractivity contribution in [2.75, 3.05) is 0 Å². The second-order valence-electron chi connectivity index (χ2n) is 3.47. The number of H-pyrrole nitrogens is 1. The average molecular weight is 274 g/mol. The fourth-order valence-corrected chi connectivity index (χ4v) is 1.98. The van der Waals surface area contributed by atoms with E-state index in [1.165, 1.54) is 0 Å². The van der Waals surface area contributed by atoms with Crippen LogP contribution in [0.15, 0.2) is 47.5 Å². The Balaban J connectivity index is 2.25. The SMILES string of the molecule is Brc1ccc(-c2ccnc3[nH]ccc23)cn1. The van der Waals surface area contributed by atoms with Crippen LogP contribution in [-0.2, 0) is 0 Å². The molecule has 1 N–H and O–H groups in total. The average Bonchev–Trinajstić information content (AvgIpc) is 2.78. The summed E-state index contributed by atoms with van der Waals surface area (Å²) in [5.74, 6) is 0. The Morgan fingerprint density at radius 3 is 2.81 bits per heavy atom. The quantitative estimate of drug-likeness (QED) is 0.691. The lowest BCUT2D eigenvalue weighted by Gasteiger charge is -2.02. The van der Waals surface area contributed by atoms with E-state index in [-0.39, 0.29) is 0 Å². The summed E-state index contributed by atoms with van der Waals surface area (Å²) < 4.78 is 0.843. The fourth-order valence-electron chi connectivity index (χ4n) is 1.75. The second-order valence-corrected chi connectivity index (χ2v) is 4.28. The lowest BCUT2D eigenvalue weighted by Crippen LogP contribution is -1.83. The van der Waals surface area contributed by atoms with Gasteiger partial charge in [0.25, 0.3) is 0 Å². The summed E-state index contributed by atoms with van der Waals surface area (Å²) in [5.41, 5.74) is 3.14. The molecule has 0 atom stereocenters. The van der Waals surface area contributed by atoms with Crippen LogP contribution in [0.3, 0.4) is 0 Å². The zero-order valence-electron chi connectivity index (χ0n) is 8.31. The van der Waals surface area contributed by atoms with E-state index in [4.69, 9.17) is 0 Å². The lowest BCUT2D eigenvalue weighted by molar-refractivity contribution is 1.28. The van der Waals surface area contributed by atoms with Crippen molar-refractivity contribution in [3.05, 3.63) is 47.5 Å². The Morgan fingerprint density at radius 1 is 1.06 bits per heavy atom. The van der Waals surface area contributed by atoms with E-state index in [2.05, 4.69) is 30.9 Å². The summed E-state index contributed by atoms with van der Waals surface area (Å²) in [6.07, 6.45) is 5.55. The molecule has 4 heteroatoms. The second kappa shape index (κ2) is 3.72. The van der Waals surface area contributed by atoms with Gasteiger partial charge in [-0.1, -0.05) is 6.07 Å². The molecule has 3 rings (SSSR count). The first-order valence-electron chi connectivity index (χ1n) is 4.88. The highest BCUT2D eigenvalue weighted by atomic mass is 79.9. The van der Waals surface area contributed by atoms with Gasteiger partial charge in [-0.05, 0) is 39.7 Å². The normalized spacial score (nSPS) is 10.8. The van der Waals surface area contributed by atoms with Gasteiger partial charge in [-0.2, -0.15) is 0 Å².